The van der Waals surface area contributed by atoms with Crippen molar-refractivity contribution >= 4 is 56.5 Å². The van der Waals surface area contributed by atoms with Gasteiger partial charge in [-0.05, 0) is 36.8 Å². The van der Waals surface area contributed by atoms with Crippen molar-refractivity contribution < 1.29 is 9.59 Å². The predicted octanol–water partition coefficient (Wildman–Crippen LogP) is 5.18. The molecule has 7 heteroatoms. The van der Waals surface area contributed by atoms with E-state index < -0.39 is 0 Å². The Kier molecular flexibility index (Phi) is 7.06. The molecule has 1 N–H and O–H groups in total. The zero-order valence-electron chi connectivity index (χ0n) is 16.0. The van der Waals surface area contributed by atoms with Crippen molar-refractivity contribution in [2.24, 2.45) is 0 Å². The summed E-state index contributed by atoms with van der Waals surface area (Å²) in [6.45, 7) is 2.07. The van der Waals surface area contributed by atoms with Gasteiger partial charge >= 0.3 is 0 Å². The molecule has 0 fully saturated rings. The van der Waals surface area contributed by atoms with Crippen molar-refractivity contribution in [1.82, 2.24) is 4.98 Å². The molecule has 0 spiro atoms. The van der Waals surface area contributed by atoms with Crippen LogP contribution in [0.15, 0.2) is 52.9 Å². The minimum atomic E-state index is 0.0272. The van der Waals surface area contributed by atoms with Crippen molar-refractivity contribution in [3.8, 4) is 0 Å². The summed E-state index contributed by atoms with van der Waals surface area (Å²) in [7, 11) is 1.78. The summed E-state index contributed by atoms with van der Waals surface area (Å²) < 4.78 is 1.85. The highest BCUT2D eigenvalue weighted by molar-refractivity contribution is 8.01. The molecule has 28 heavy (non-hydrogen) atoms. The van der Waals surface area contributed by atoms with E-state index in [9.17, 15) is 9.59 Å². The SMILES string of the molecule is CCCCC(=O)Nc1ccc2nc(SCC(=O)N(C)c3ccccc3)sc2c1. The van der Waals surface area contributed by atoms with E-state index in [1.165, 1.54) is 23.1 Å². The van der Waals surface area contributed by atoms with Gasteiger partial charge in [0.15, 0.2) is 4.34 Å². The maximum Gasteiger partial charge on any atom is 0.237 e. The number of nitrogens with one attached hydrogen (secondary N) is 1. The number of carbonyl (C=O) groups excluding carboxylic acids is 2. The van der Waals surface area contributed by atoms with Crippen LogP contribution in [0.2, 0.25) is 0 Å². The third-order valence-corrected chi connectivity index (χ3v) is 6.39. The number of hydrogen-bond donors (Lipinski definition) is 1. The van der Waals surface area contributed by atoms with Gasteiger partial charge in [0.2, 0.25) is 11.8 Å². The number of thiazole rings is 1. The third-order valence-electron chi connectivity index (χ3n) is 4.25. The van der Waals surface area contributed by atoms with Crippen LogP contribution in [0, 0.1) is 0 Å². The first kappa shape index (κ1) is 20.4. The summed E-state index contributed by atoms with van der Waals surface area (Å²) in [5.74, 6) is 0.389. The Balaban J connectivity index is 1.61. The molecule has 3 aromatic rings. The molecule has 2 aromatic carbocycles. The summed E-state index contributed by atoms with van der Waals surface area (Å²) in [5.41, 5.74) is 2.54. The molecule has 0 aliphatic heterocycles. The highest BCUT2D eigenvalue weighted by atomic mass is 32.2. The molecule has 0 aliphatic carbocycles. The van der Waals surface area contributed by atoms with Gasteiger partial charge in [-0.15, -0.1) is 11.3 Å². The van der Waals surface area contributed by atoms with Crippen molar-refractivity contribution in [1.29, 1.82) is 0 Å². The maximum atomic E-state index is 12.4. The summed E-state index contributed by atoms with van der Waals surface area (Å²) >= 11 is 2.97. The number of nitrogens with zero attached hydrogens (tertiary/aromatic N) is 2. The van der Waals surface area contributed by atoms with Crippen molar-refractivity contribution in [2.75, 3.05) is 23.0 Å². The Hall–Kier alpha value is -2.38. The average molecular weight is 414 g/mol. The lowest BCUT2D eigenvalue weighted by atomic mass is 10.2. The fraction of sp³-hybridized carbons (Fsp3) is 0.286. The Morgan fingerprint density at radius 3 is 2.71 bits per heavy atom. The van der Waals surface area contributed by atoms with Crippen molar-refractivity contribution in [3.63, 3.8) is 0 Å². The Labute approximate surface area is 173 Å². The first-order chi connectivity index (χ1) is 13.6. The zero-order valence-corrected chi connectivity index (χ0v) is 17.6. The fourth-order valence-corrected chi connectivity index (χ4v) is 4.64. The molecule has 0 atom stereocenters. The van der Waals surface area contributed by atoms with E-state index in [-0.39, 0.29) is 11.8 Å². The van der Waals surface area contributed by atoms with Gasteiger partial charge in [0.05, 0.1) is 16.0 Å². The van der Waals surface area contributed by atoms with Gasteiger partial charge in [-0.25, -0.2) is 4.98 Å². The number of para-hydroxylation sites is 1. The second kappa shape index (κ2) is 9.71. The van der Waals surface area contributed by atoms with Gasteiger partial charge in [0.25, 0.3) is 0 Å². The van der Waals surface area contributed by atoms with Crippen molar-refractivity contribution in [3.05, 3.63) is 48.5 Å². The molecule has 0 saturated heterocycles. The number of thioether (sulfide) groups is 1. The van der Waals surface area contributed by atoms with Gasteiger partial charge in [0, 0.05) is 24.8 Å². The molecule has 5 nitrogen and oxygen atoms in total. The fourth-order valence-electron chi connectivity index (χ4n) is 2.62. The molecule has 0 bridgehead atoms. The molecular weight excluding hydrogens is 390 g/mol. The van der Waals surface area contributed by atoms with Gasteiger partial charge < -0.3 is 10.2 Å². The maximum absolute atomic E-state index is 12.4. The van der Waals surface area contributed by atoms with Crippen LogP contribution in [-0.4, -0.2) is 29.6 Å². The standard InChI is InChI=1S/C21H23N3O2S2/c1-3-4-10-19(25)22-15-11-12-17-18(13-15)28-21(23-17)27-14-20(26)24(2)16-8-6-5-7-9-16/h5-9,11-13H,3-4,10,14H2,1-2H3,(H,22,25). The lowest BCUT2D eigenvalue weighted by Crippen LogP contribution is -2.27. The molecular formula is C21H23N3O2S2. The van der Waals surface area contributed by atoms with Gasteiger partial charge in [-0.3, -0.25) is 9.59 Å². The first-order valence-electron chi connectivity index (χ1n) is 9.21. The van der Waals surface area contributed by atoms with Crippen molar-refractivity contribution in [2.45, 2.75) is 30.5 Å². The second-order valence-electron chi connectivity index (χ2n) is 6.39. The minimum Gasteiger partial charge on any atom is -0.326 e. The normalized spacial score (nSPS) is 10.8. The van der Waals surface area contributed by atoms with Crippen LogP contribution in [-0.2, 0) is 9.59 Å². The lowest BCUT2D eigenvalue weighted by molar-refractivity contribution is -0.116. The Bertz CT molecular complexity index is 957. The first-order valence-corrected chi connectivity index (χ1v) is 11.0. The van der Waals surface area contributed by atoms with E-state index >= 15 is 0 Å². The van der Waals surface area contributed by atoms with E-state index in [1.807, 2.05) is 48.5 Å². The molecule has 3 rings (SSSR count). The van der Waals surface area contributed by atoms with Crippen LogP contribution in [0.4, 0.5) is 11.4 Å². The Morgan fingerprint density at radius 1 is 1.18 bits per heavy atom. The van der Waals surface area contributed by atoms with Crippen LogP contribution in [0.3, 0.4) is 0 Å². The van der Waals surface area contributed by atoms with Gasteiger partial charge in [-0.1, -0.05) is 43.3 Å². The topological polar surface area (TPSA) is 62.3 Å². The smallest absolute Gasteiger partial charge is 0.237 e. The summed E-state index contributed by atoms with van der Waals surface area (Å²) in [5, 5.41) is 2.93. The van der Waals surface area contributed by atoms with Crippen LogP contribution < -0.4 is 10.2 Å². The number of rotatable bonds is 8. The monoisotopic (exact) mass is 413 g/mol. The number of amides is 2. The number of aromatic nitrogens is 1. The summed E-state index contributed by atoms with van der Waals surface area (Å²) in [4.78, 5) is 30.6. The minimum absolute atomic E-state index is 0.0272. The largest absolute Gasteiger partial charge is 0.326 e. The lowest BCUT2D eigenvalue weighted by Gasteiger charge is -2.16. The molecule has 0 radical (unpaired) electrons. The highest BCUT2D eigenvalue weighted by Crippen LogP contribution is 2.31. The quantitative estimate of drug-likeness (QED) is 0.517. The molecule has 0 unspecified atom stereocenters. The molecule has 0 saturated carbocycles. The van der Waals surface area contributed by atoms with E-state index in [2.05, 4.69) is 17.2 Å². The highest BCUT2D eigenvalue weighted by Gasteiger charge is 2.13. The van der Waals surface area contributed by atoms with Gasteiger partial charge in [0.1, 0.15) is 0 Å². The third kappa shape index (κ3) is 5.33. The van der Waals surface area contributed by atoms with Crippen LogP contribution in [0.5, 0.6) is 0 Å². The average Bonchev–Trinajstić information content (AvgIpc) is 3.12. The summed E-state index contributed by atoms with van der Waals surface area (Å²) in [6, 6.07) is 15.3. The second-order valence-corrected chi connectivity index (χ2v) is 8.64. The Morgan fingerprint density at radius 2 is 1.96 bits per heavy atom. The van der Waals surface area contributed by atoms with Crippen LogP contribution in [0.1, 0.15) is 26.2 Å². The number of fused-ring (bicyclic) bond motifs is 1. The van der Waals surface area contributed by atoms with Crippen LogP contribution in [0.25, 0.3) is 10.2 Å². The molecule has 1 heterocycles. The molecule has 2 amide bonds. The number of carbonyl (C=O) groups is 2. The van der Waals surface area contributed by atoms with E-state index in [0.29, 0.717) is 12.2 Å². The van der Waals surface area contributed by atoms with E-state index in [0.717, 1.165) is 38.8 Å². The predicted molar refractivity (Wildman–Crippen MR) is 118 cm³/mol. The number of hydrogen-bond acceptors (Lipinski definition) is 5. The van der Waals surface area contributed by atoms with E-state index in [4.69, 9.17) is 0 Å². The number of benzene rings is 2. The van der Waals surface area contributed by atoms with Gasteiger partial charge in [-0.2, -0.15) is 0 Å². The van der Waals surface area contributed by atoms with Crippen LogP contribution >= 0.6 is 23.1 Å². The molecule has 146 valence electrons. The number of unbranched alkanes of at least 4 members (excludes halogenated alkanes) is 1. The summed E-state index contributed by atoms with van der Waals surface area (Å²) in [6.07, 6.45) is 2.43. The number of anilines is 2. The molecule has 1 aromatic heterocycles. The van der Waals surface area contributed by atoms with E-state index in [1.54, 1.807) is 11.9 Å². The zero-order chi connectivity index (χ0) is 19.9. The molecule has 0 aliphatic rings.